The molecule has 4 aromatic rings. The summed E-state index contributed by atoms with van der Waals surface area (Å²) in [5.74, 6) is -3.07. The number of nitrogens with zero attached hydrogens (tertiary/aromatic N) is 3. The molecule has 4 rings (SSSR count). The molecule has 0 aliphatic heterocycles. The Bertz CT molecular complexity index is 1640. The molecule has 2 aromatic heterocycles. The Balaban J connectivity index is 1.44. The molecule has 0 aliphatic carbocycles. The van der Waals surface area contributed by atoms with Crippen LogP contribution >= 0.6 is 0 Å². The highest BCUT2D eigenvalue weighted by Gasteiger charge is 2.18. The molecular formula is C32H36F2N6O4. The zero-order valence-corrected chi connectivity index (χ0v) is 24.7. The maximum Gasteiger partial charge on any atom is 0.274 e. The zero-order valence-electron chi connectivity index (χ0n) is 24.7. The van der Waals surface area contributed by atoms with E-state index in [0.29, 0.717) is 29.9 Å². The molecule has 0 saturated heterocycles. The van der Waals surface area contributed by atoms with Gasteiger partial charge in [0.1, 0.15) is 23.0 Å². The fourth-order valence-electron chi connectivity index (χ4n) is 4.66. The molecular weight excluding hydrogens is 570 g/mol. The van der Waals surface area contributed by atoms with Gasteiger partial charge in [-0.15, -0.1) is 0 Å². The van der Waals surface area contributed by atoms with Crippen molar-refractivity contribution in [3.63, 3.8) is 0 Å². The van der Waals surface area contributed by atoms with Gasteiger partial charge in [-0.2, -0.15) is 0 Å². The van der Waals surface area contributed by atoms with Gasteiger partial charge >= 0.3 is 0 Å². The number of carbonyl (C=O) groups is 3. The van der Waals surface area contributed by atoms with E-state index in [1.54, 1.807) is 24.4 Å². The van der Waals surface area contributed by atoms with Crippen molar-refractivity contribution in [1.82, 2.24) is 24.9 Å². The third-order valence-corrected chi connectivity index (χ3v) is 7.16. The fourth-order valence-corrected chi connectivity index (χ4v) is 4.66. The minimum Gasteiger partial charge on any atom is -0.395 e. The van der Waals surface area contributed by atoms with Crippen LogP contribution in [0, 0.1) is 11.6 Å². The minimum absolute atomic E-state index is 0.0111. The lowest BCUT2D eigenvalue weighted by Gasteiger charge is -2.20. The van der Waals surface area contributed by atoms with Gasteiger partial charge in [0, 0.05) is 31.4 Å². The van der Waals surface area contributed by atoms with Crippen molar-refractivity contribution in [1.29, 1.82) is 0 Å². The lowest BCUT2D eigenvalue weighted by molar-refractivity contribution is 0.0936. The molecule has 44 heavy (non-hydrogen) atoms. The number of carbonyl (C=O) groups excluding carboxylic acids is 3. The van der Waals surface area contributed by atoms with Gasteiger partial charge in [-0.05, 0) is 73.1 Å². The quantitative estimate of drug-likeness (QED) is 0.171. The second kappa shape index (κ2) is 15.2. The molecule has 4 N–H and O–H groups in total. The number of benzene rings is 2. The summed E-state index contributed by atoms with van der Waals surface area (Å²) in [5, 5.41) is 16.6. The van der Waals surface area contributed by atoms with Crippen LogP contribution in [0.15, 0.2) is 60.9 Å². The number of unbranched alkanes of at least 4 members (excludes halogenated alkanes) is 1. The van der Waals surface area contributed by atoms with Crippen LogP contribution in [0.3, 0.4) is 0 Å². The SMILES string of the molecule is CCCCN(CC)CCNC(=O)c1ccc(F)c(NC(=O)c2cnc3cc(-c4ccc(C(=O)NCCO)c(F)c4)ccn23)c1. The molecule has 2 heterocycles. The molecule has 2 aromatic carbocycles. The summed E-state index contributed by atoms with van der Waals surface area (Å²) < 4.78 is 30.8. The predicted octanol–water partition coefficient (Wildman–Crippen LogP) is 4.11. The first kappa shape index (κ1) is 32.2. The topological polar surface area (TPSA) is 128 Å². The van der Waals surface area contributed by atoms with E-state index in [1.165, 1.54) is 34.9 Å². The Morgan fingerprint density at radius 1 is 0.886 bits per heavy atom. The number of aliphatic hydroxyl groups excluding tert-OH is 1. The van der Waals surface area contributed by atoms with E-state index < -0.39 is 23.4 Å². The highest BCUT2D eigenvalue weighted by molar-refractivity contribution is 6.04. The molecule has 232 valence electrons. The summed E-state index contributed by atoms with van der Waals surface area (Å²) in [6.45, 7) is 6.93. The third kappa shape index (κ3) is 7.82. The Morgan fingerprint density at radius 2 is 1.66 bits per heavy atom. The number of imidazole rings is 1. The maximum atomic E-state index is 14.6. The van der Waals surface area contributed by atoms with Gasteiger partial charge in [-0.25, -0.2) is 13.8 Å². The molecule has 0 bridgehead atoms. The fraction of sp³-hybridized carbons (Fsp3) is 0.312. The first-order chi connectivity index (χ1) is 21.2. The maximum absolute atomic E-state index is 14.6. The summed E-state index contributed by atoms with van der Waals surface area (Å²) in [4.78, 5) is 44.4. The number of anilines is 1. The number of rotatable bonds is 14. The van der Waals surface area contributed by atoms with Crippen molar-refractivity contribution in [3.05, 3.63) is 89.4 Å². The van der Waals surface area contributed by atoms with Crippen molar-refractivity contribution in [3.8, 4) is 11.1 Å². The number of pyridine rings is 1. The average molecular weight is 607 g/mol. The van der Waals surface area contributed by atoms with Crippen LogP contribution in [0.25, 0.3) is 16.8 Å². The van der Waals surface area contributed by atoms with Gasteiger partial charge < -0.3 is 26.0 Å². The van der Waals surface area contributed by atoms with E-state index in [2.05, 4.69) is 39.7 Å². The van der Waals surface area contributed by atoms with Crippen molar-refractivity contribution < 1.29 is 28.3 Å². The molecule has 10 nitrogen and oxygen atoms in total. The van der Waals surface area contributed by atoms with Crippen LogP contribution in [-0.2, 0) is 0 Å². The third-order valence-electron chi connectivity index (χ3n) is 7.16. The Hall–Kier alpha value is -4.68. The minimum atomic E-state index is -0.728. The van der Waals surface area contributed by atoms with E-state index in [9.17, 15) is 23.2 Å². The number of amides is 3. The molecule has 12 heteroatoms. The largest absolute Gasteiger partial charge is 0.395 e. The Labute approximate surface area is 254 Å². The van der Waals surface area contributed by atoms with E-state index in [0.717, 1.165) is 32.0 Å². The summed E-state index contributed by atoms with van der Waals surface area (Å²) in [7, 11) is 0. The molecule has 0 aliphatic rings. The molecule has 0 atom stereocenters. The van der Waals surface area contributed by atoms with E-state index in [1.807, 2.05) is 0 Å². The Kier molecular flexibility index (Phi) is 11.1. The van der Waals surface area contributed by atoms with Gasteiger partial charge in [0.25, 0.3) is 17.7 Å². The molecule has 0 unspecified atom stereocenters. The van der Waals surface area contributed by atoms with Crippen molar-refractivity contribution in [2.24, 2.45) is 0 Å². The van der Waals surface area contributed by atoms with Crippen LogP contribution in [0.2, 0.25) is 0 Å². The van der Waals surface area contributed by atoms with Crippen molar-refractivity contribution in [2.45, 2.75) is 26.7 Å². The summed E-state index contributed by atoms with van der Waals surface area (Å²) in [6, 6.07) is 11.2. The number of fused-ring (bicyclic) bond motifs is 1. The second-order valence-corrected chi connectivity index (χ2v) is 10.2. The first-order valence-corrected chi connectivity index (χ1v) is 14.5. The van der Waals surface area contributed by atoms with E-state index >= 15 is 0 Å². The number of likely N-dealkylation sites (N-methyl/N-ethyl adjacent to an activating group) is 1. The van der Waals surface area contributed by atoms with Crippen LogP contribution in [-0.4, -0.2) is 76.4 Å². The van der Waals surface area contributed by atoms with Gasteiger partial charge in [0.15, 0.2) is 0 Å². The molecule has 0 saturated carbocycles. The summed E-state index contributed by atoms with van der Waals surface area (Å²) in [5.41, 5.74) is 1.49. The monoisotopic (exact) mass is 606 g/mol. The zero-order chi connectivity index (χ0) is 31.6. The van der Waals surface area contributed by atoms with Gasteiger partial charge in [0.2, 0.25) is 0 Å². The lowest BCUT2D eigenvalue weighted by Crippen LogP contribution is -2.35. The summed E-state index contributed by atoms with van der Waals surface area (Å²) >= 11 is 0. The number of nitrogens with one attached hydrogen (secondary N) is 3. The summed E-state index contributed by atoms with van der Waals surface area (Å²) in [6.07, 6.45) is 5.08. The van der Waals surface area contributed by atoms with Crippen LogP contribution in [0.5, 0.6) is 0 Å². The highest BCUT2D eigenvalue weighted by Crippen LogP contribution is 2.24. The van der Waals surface area contributed by atoms with Crippen LogP contribution in [0.4, 0.5) is 14.5 Å². The first-order valence-electron chi connectivity index (χ1n) is 14.5. The highest BCUT2D eigenvalue weighted by atomic mass is 19.1. The normalized spacial score (nSPS) is 11.1. The molecule has 3 amide bonds. The molecule has 0 radical (unpaired) electrons. The van der Waals surface area contributed by atoms with Crippen LogP contribution in [0.1, 0.15) is 57.9 Å². The molecule has 0 fully saturated rings. The van der Waals surface area contributed by atoms with E-state index in [4.69, 9.17) is 5.11 Å². The Morgan fingerprint density at radius 3 is 2.39 bits per heavy atom. The lowest BCUT2D eigenvalue weighted by atomic mass is 10.0. The van der Waals surface area contributed by atoms with Gasteiger partial charge in [0.05, 0.1) is 24.1 Å². The predicted molar refractivity (Wildman–Crippen MR) is 164 cm³/mol. The van der Waals surface area contributed by atoms with Crippen molar-refractivity contribution >= 4 is 29.1 Å². The van der Waals surface area contributed by atoms with Crippen LogP contribution < -0.4 is 16.0 Å². The number of aromatic nitrogens is 2. The standard InChI is InChI=1S/C32H36F2N6O4/c1-3-5-13-39(4-2)15-11-35-30(42)23-7-9-25(33)27(18-23)38-32(44)28-20-37-29-19-22(10-14-40(28)29)21-6-8-24(26(34)17-21)31(43)36-12-16-41/h6-10,14,17-20,41H,3-5,11-13,15-16H2,1-2H3,(H,35,42)(H,36,43)(H,38,44). The second-order valence-electron chi connectivity index (χ2n) is 10.2. The number of hydrogen-bond acceptors (Lipinski definition) is 6. The number of halogens is 2. The van der Waals surface area contributed by atoms with E-state index in [-0.39, 0.29) is 41.6 Å². The van der Waals surface area contributed by atoms with Crippen molar-refractivity contribution in [2.75, 3.05) is 44.6 Å². The molecule has 0 spiro atoms. The smallest absolute Gasteiger partial charge is 0.274 e. The van der Waals surface area contributed by atoms with Gasteiger partial charge in [-0.1, -0.05) is 26.3 Å². The van der Waals surface area contributed by atoms with Gasteiger partial charge in [-0.3, -0.25) is 18.8 Å². The number of aliphatic hydroxyl groups is 1. The number of hydrogen-bond donors (Lipinski definition) is 4. The average Bonchev–Trinajstić information content (AvgIpc) is 3.46.